The number of amides is 1. The van der Waals surface area contributed by atoms with E-state index in [4.69, 9.17) is 10.8 Å². The molecule has 0 aromatic rings. The number of carbonyl (C=O) groups is 2. The zero-order chi connectivity index (χ0) is 17.8. The number of aliphatic hydroxyl groups is 3. The van der Waals surface area contributed by atoms with E-state index in [9.17, 15) is 19.8 Å². The highest BCUT2D eigenvalue weighted by molar-refractivity contribution is 5.76. The van der Waals surface area contributed by atoms with Gasteiger partial charge in [0.1, 0.15) is 18.7 Å². The zero-order valence-electron chi connectivity index (χ0n) is 13.9. The highest BCUT2D eigenvalue weighted by Gasteiger charge is 2.25. The number of nitrogens with two attached hydrogens (primary N) is 1. The summed E-state index contributed by atoms with van der Waals surface area (Å²) in [5, 5.41) is 33.8. The maximum absolute atomic E-state index is 11.9. The van der Waals surface area contributed by atoms with Gasteiger partial charge in [0.25, 0.3) is 0 Å². The summed E-state index contributed by atoms with van der Waals surface area (Å²) in [7, 11) is 0. The first-order valence-corrected chi connectivity index (χ1v) is 8.03. The van der Waals surface area contributed by atoms with E-state index in [1.807, 2.05) is 13.8 Å². The first-order valence-electron chi connectivity index (χ1n) is 8.03. The van der Waals surface area contributed by atoms with Gasteiger partial charge in [-0.05, 0) is 25.2 Å². The third-order valence-corrected chi connectivity index (χ3v) is 3.50. The van der Waals surface area contributed by atoms with Crippen LogP contribution >= 0.6 is 0 Å². The molecule has 0 aliphatic heterocycles. The van der Waals surface area contributed by atoms with E-state index in [2.05, 4.69) is 10.6 Å². The molecule has 3 unspecified atom stereocenters. The molecule has 0 saturated carbocycles. The maximum Gasteiger partial charge on any atom is 0.220 e. The van der Waals surface area contributed by atoms with Crippen LogP contribution in [0.2, 0.25) is 0 Å². The van der Waals surface area contributed by atoms with Crippen LogP contribution in [0, 0.1) is 5.92 Å². The molecule has 23 heavy (non-hydrogen) atoms. The number of hydrogen-bond acceptors (Lipinski definition) is 7. The van der Waals surface area contributed by atoms with Gasteiger partial charge in [0, 0.05) is 25.5 Å². The summed E-state index contributed by atoms with van der Waals surface area (Å²) >= 11 is 0. The first kappa shape index (κ1) is 21.9. The number of nitrogens with one attached hydrogen (secondary N) is 2. The van der Waals surface area contributed by atoms with Crippen LogP contribution in [-0.2, 0) is 9.59 Å². The van der Waals surface area contributed by atoms with Crippen LogP contribution in [0.3, 0.4) is 0 Å². The lowest BCUT2D eigenvalue weighted by atomic mass is 10.1. The molecule has 1 amide bonds. The third kappa shape index (κ3) is 10.4. The van der Waals surface area contributed by atoms with Crippen LogP contribution in [0.4, 0.5) is 0 Å². The molecule has 7 N–H and O–H groups in total. The molecule has 0 aromatic heterocycles. The largest absolute Gasteiger partial charge is 0.396 e. The van der Waals surface area contributed by atoms with Gasteiger partial charge in [0.05, 0.1) is 6.04 Å². The Morgan fingerprint density at radius 3 is 2.35 bits per heavy atom. The average molecular weight is 333 g/mol. The van der Waals surface area contributed by atoms with Crippen LogP contribution < -0.4 is 16.4 Å². The standard InChI is InChI=1S/C15H31N3O5/c1-10(2)5-6-13(21)17-12(7-9-20)15(23)18-11(14(16)22)4-3-8-19/h9-12,14-15,18-19,22-23H,3-8,16H2,1-2H3,(H,17,21)/t11?,12?,14?,15-/m1/s1. The summed E-state index contributed by atoms with van der Waals surface area (Å²) in [6, 6.07) is -1.46. The van der Waals surface area contributed by atoms with E-state index < -0.39 is 24.5 Å². The Labute approximate surface area is 137 Å². The molecule has 0 radical (unpaired) electrons. The summed E-state index contributed by atoms with van der Waals surface area (Å²) in [5.41, 5.74) is 5.43. The molecule has 0 aromatic carbocycles. The first-order chi connectivity index (χ1) is 10.8. The highest BCUT2D eigenvalue weighted by atomic mass is 16.3. The van der Waals surface area contributed by atoms with Gasteiger partial charge in [-0.3, -0.25) is 10.1 Å². The average Bonchev–Trinajstić information content (AvgIpc) is 2.48. The highest BCUT2D eigenvalue weighted by Crippen LogP contribution is 2.06. The molecular weight excluding hydrogens is 302 g/mol. The number of carbonyl (C=O) groups excluding carboxylic acids is 2. The van der Waals surface area contributed by atoms with Crippen LogP contribution in [0.5, 0.6) is 0 Å². The molecular formula is C15H31N3O5. The molecule has 0 bridgehead atoms. The van der Waals surface area contributed by atoms with Crippen molar-refractivity contribution in [3.63, 3.8) is 0 Å². The van der Waals surface area contributed by atoms with E-state index >= 15 is 0 Å². The number of hydrogen-bond donors (Lipinski definition) is 6. The summed E-state index contributed by atoms with van der Waals surface area (Å²) in [6.07, 6.45) is -0.140. The van der Waals surface area contributed by atoms with Crippen molar-refractivity contribution in [2.24, 2.45) is 11.7 Å². The molecule has 136 valence electrons. The van der Waals surface area contributed by atoms with Gasteiger partial charge in [-0.15, -0.1) is 0 Å². The van der Waals surface area contributed by atoms with E-state index in [1.165, 1.54) is 0 Å². The van der Waals surface area contributed by atoms with Gasteiger partial charge >= 0.3 is 0 Å². The minimum Gasteiger partial charge on any atom is -0.396 e. The Morgan fingerprint density at radius 1 is 1.22 bits per heavy atom. The molecule has 0 fully saturated rings. The second kappa shape index (κ2) is 12.4. The van der Waals surface area contributed by atoms with Gasteiger partial charge in [0.2, 0.25) is 5.91 Å². The predicted octanol–water partition coefficient (Wildman–Crippen LogP) is -1.18. The molecule has 0 aliphatic carbocycles. The van der Waals surface area contributed by atoms with Crippen molar-refractivity contribution in [2.75, 3.05) is 6.61 Å². The predicted molar refractivity (Wildman–Crippen MR) is 86.1 cm³/mol. The lowest BCUT2D eigenvalue weighted by Gasteiger charge is -2.29. The van der Waals surface area contributed by atoms with Gasteiger partial charge in [-0.1, -0.05) is 13.8 Å². The molecule has 0 heterocycles. The lowest BCUT2D eigenvalue weighted by molar-refractivity contribution is -0.123. The smallest absolute Gasteiger partial charge is 0.220 e. The van der Waals surface area contributed by atoms with Crippen LogP contribution in [0.1, 0.15) is 46.0 Å². The van der Waals surface area contributed by atoms with E-state index in [0.29, 0.717) is 37.9 Å². The fourth-order valence-electron chi connectivity index (χ4n) is 2.07. The quantitative estimate of drug-likeness (QED) is 0.184. The van der Waals surface area contributed by atoms with Crippen molar-refractivity contribution < 1.29 is 24.9 Å². The Morgan fingerprint density at radius 2 is 1.87 bits per heavy atom. The summed E-state index contributed by atoms with van der Waals surface area (Å²) < 4.78 is 0. The molecule has 0 rings (SSSR count). The molecule has 8 nitrogen and oxygen atoms in total. The lowest BCUT2D eigenvalue weighted by Crippen LogP contribution is -2.57. The molecule has 0 spiro atoms. The van der Waals surface area contributed by atoms with Crippen molar-refractivity contribution in [3.05, 3.63) is 0 Å². The third-order valence-electron chi connectivity index (χ3n) is 3.50. The summed E-state index contributed by atoms with van der Waals surface area (Å²) in [6.45, 7) is 3.94. The second-order valence-corrected chi connectivity index (χ2v) is 6.08. The van der Waals surface area contributed by atoms with Crippen LogP contribution in [0.25, 0.3) is 0 Å². The minimum absolute atomic E-state index is 0.0605. The van der Waals surface area contributed by atoms with Gasteiger partial charge < -0.3 is 31.2 Å². The fourth-order valence-corrected chi connectivity index (χ4v) is 2.07. The van der Waals surface area contributed by atoms with Crippen molar-refractivity contribution in [3.8, 4) is 0 Å². The summed E-state index contributed by atoms with van der Waals surface area (Å²) in [4.78, 5) is 22.6. The Kier molecular flexibility index (Phi) is 11.8. The zero-order valence-corrected chi connectivity index (χ0v) is 13.9. The minimum atomic E-state index is -1.23. The number of aldehydes is 1. The Bertz CT molecular complexity index is 339. The SMILES string of the molecule is CC(C)CCC(=O)NC(CC=O)[C@@H](O)NC(CCCO)C(N)O. The monoisotopic (exact) mass is 333 g/mol. The topological polar surface area (TPSA) is 145 Å². The Hall–Kier alpha value is -1.06. The second-order valence-electron chi connectivity index (χ2n) is 6.08. The van der Waals surface area contributed by atoms with Crippen LogP contribution in [-0.4, -0.2) is 58.7 Å². The van der Waals surface area contributed by atoms with Crippen LogP contribution in [0.15, 0.2) is 0 Å². The molecule has 0 aliphatic rings. The van der Waals surface area contributed by atoms with Gasteiger partial charge in [-0.2, -0.15) is 0 Å². The van der Waals surface area contributed by atoms with Crippen molar-refractivity contribution in [1.82, 2.24) is 10.6 Å². The van der Waals surface area contributed by atoms with Crippen molar-refractivity contribution in [1.29, 1.82) is 0 Å². The van der Waals surface area contributed by atoms with Gasteiger partial charge in [-0.25, -0.2) is 0 Å². The Balaban J connectivity index is 4.59. The summed E-state index contributed by atoms with van der Waals surface area (Å²) in [5.74, 6) is 0.134. The molecule has 0 saturated heterocycles. The van der Waals surface area contributed by atoms with Gasteiger partial charge in [0.15, 0.2) is 0 Å². The maximum atomic E-state index is 11.9. The van der Waals surface area contributed by atoms with E-state index in [-0.39, 0.29) is 18.9 Å². The van der Waals surface area contributed by atoms with E-state index in [1.54, 1.807) is 0 Å². The molecule has 4 atom stereocenters. The number of aliphatic hydroxyl groups excluding tert-OH is 3. The van der Waals surface area contributed by atoms with Crippen molar-refractivity contribution >= 4 is 12.2 Å². The normalized spacial score (nSPS) is 16.7. The molecule has 8 heteroatoms. The number of rotatable bonds is 13. The fraction of sp³-hybridized carbons (Fsp3) is 0.867. The van der Waals surface area contributed by atoms with E-state index in [0.717, 1.165) is 0 Å². The van der Waals surface area contributed by atoms with Crippen molar-refractivity contribution in [2.45, 2.75) is 70.5 Å².